The van der Waals surface area contributed by atoms with Gasteiger partial charge in [0.2, 0.25) is 0 Å². The zero-order chi connectivity index (χ0) is 12.6. The highest BCUT2D eigenvalue weighted by atomic mass is 15.2. The number of fused-ring (bicyclic) bond motifs is 1. The summed E-state index contributed by atoms with van der Waals surface area (Å²) in [4.78, 5) is 2.35. The van der Waals surface area contributed by atoms with Crippen LogP contribution in [0.5, 0.6) is 0 Å². The molecule has 0 atom stereocenters. The van der Waals surface area contributed by atoms with E-state index in [0.29, 0.717) is 0 Å². The van der Waals surface area contributed by atoms with Crippen molar-refractivity contribution in [3.8, 4) is 0 Å². The van der Waals surface area contributed by atoms with Crippen molar-refractivity contribution in [3.05, 3.63) is 41.1 Å². The molecule has 1 aromatic carbocycles. The minimum absolute atomic E-state index is 0.144. The average Bonchev–Trinajstić information content (AvgIpc) is 2.45. The van der Waals surface area contributed by atoms with Gasteiger partial charge in [0.05, 0.1) is 0 Å². The van der Waals surface area contributed by atoms with Crippen molar-refractivity contribution in [3.63, 3.8) is 0 Å². The molecule has 0 saturated carbocycles. The first kappa shape index (κ1) is 12.2. The van der Waals surface area contributed by atoms with Crippen molar-refractivity contribution in [1.82, 2.24) is 0 Å². The number of anilines is 1. The predicted octanol–water partition coefficient (Wildman–Crippen LogP) is 4.41. The van der Waals surface area contributed by atoms with Crippen LogP contribution in [0, 0.1) is 6.92 Å². The highest BCUT2D eigenvalue weighted by Gasteiger charge is 2.37. The first-order valence-corrected chi connectivity index (χ1v) is 6.54. The van der Waals surface area contributed by atoms with Crippen LogP contribution >= 0.6 is 0 Å². The van der Waals surface area contributed by atoms with Crippen LogP contribution in [0.1, 0.15) is 44.7 Å². The zero-order valence-electron chi connectivity index (χ0n) is 11.7. The van der Waals surface area contributed by atoms with E-state index >= 15 is 0 Å². The Morgan fingerprint density at radius 2 is 2.00 bits per heavy atom. The Balaban J connectivity index is 2.52. The molecule has 0 radical (unpaired) electrons. The summed E-state index contributed by atoms with van der Waals surface area (Å²) >= 11 is 0. The van der Waals surface area contributed by atoms with E-state index in [0.717, 1.165) is 6.42 Å². The summed E-state index contributed by atoms with van der Waals surface area (Å²) in [6, 6.07) is 6.78. The third kappa shape index (κ3) is 1.88. The van der Waals surface area contributed by atoms with Gasteiger partial charge in [0, 0.05) is 23.8 Å². The number of aryl methyl sites for hydroxylation is 1. The van der Waals surface area contributed by atoms with Gasteiger partial charge < -0.3 is 4.90 Å². The van der Waals surface area contributed by atoms with Crippen LogP contribution in [-0.2, 0) is 5.41 Å². The lowest BCUT2D eigenvalue weighted by molar-refractivity contribution is 0.634. The minimum Gasteiger partial charge on any atom is -0.347 e. The van der Waals surface area contributed by atoms with Gasteiger partial charge in [-0.3, -0.25) is 0 Å². The molecular formula is C16H23N. The van der Waals surface area contributed by atoms with E-state index < -0.39 is 0 Å². The van der Waals surface area contributed by atoms with Crippen LogP contribution in [0.25, 0.3) is 0 Å². The first-order valence-electron chi connectivity index (χ1n) is 6.54. The van der Waals surface area contributed by atoms with Crippen molar-refractivity contribution in [1.29, 1.82) is 0 Å². The molecule has 2 rings (SSSR count). The lowest BCUT2D eigenvalue weighted by Crippen LogP contribution is -2.22. The lowest BCUT2D eigenvalue weighted by Gasteiger charge is -2.24. The van der Waals surface area contributed by atoms with E-state index in [2.05, 4.69) is 63.9 Å². The van der Waals surface area contributed by atoms with Crippen molar-refractivity contribution in [2.75, 3.05) is 11.9 Å². The minimum atomic E-state index is 0.144. The number of rotatable bonds is 2. The Morgan fingerprint density at radius 3 is 2.65 bits per heavy atom. The van der Waals surface area contributed by atoms with Crippen LogP contribution in [0.4, 0.5) is 5.69 Å². The summed E-state index contributed by atoms with van der Waals surface area (Å²) in [5.74, 6) is 0. The van der Waals surface area contributed by atoms with Gasteiger partial charge in [-0.1, -0.05) is 51.0 Å². The SMILES string of the molecule is CCC/C=C1\N(C)c2ccc(C)cc2C1(C)C. The van der Waals surface area contributed by atoms with Gasteiger partial charge >= 0.3 is 0 Å². The molecule has 17 heavy (non-hydrogen) atoms. The van der Waals surface area contributed by atoms with Gasteiger partial charge in [-0.25, -0.2) is 0 Å². The molecule has 1 heteroatoms. The molecule has 0 aromatic heterocycles. The smallest absolute Gasteiger partial charge is 0.0448 e. The molecule has 0 bridgehead atoms. The van der Waals surface area contributed by atoms with Crippen molar-refractivity contribution < 1.29 is 0 Å². The van der Waals surface area contributed by atoms with E-state index in [4.69, 9.17) is 0 Å². The largest absolute Gasteiger partial charge is 0.347 e. The Bertz CT molecular complexity index is 455. The molecule has 1 aromatic rings. The third-order valence-corrected chi connectivity index (χ3v) is 3.81. The molecule has 1 nitrogen and oxygen atoms in total. The predicted molar refractivity (Wildman–Crippen MR) is 75.6 cm³/mol. The fourth-order valence-electron chi connectivity index (χ4n) is 2.80. The second-order valence-corrected chi connectivity index (χ2v) is 5.58. The van der Waals surface area contributed by atoms with Crippen LogP contribution in [0.3, 0.4) is 0 Å². The summed E-state index contributed by atoms with van der Waals surface area (Å²) in [5.41, 5.74) is 5.76. The Morgan fingerprint density at radius 1 is 1.29 bits per heavy atom. The normalized spacial score (nSPS) is 19.8. The van der Waals surface area contributed by atoms with Gasteiger partial charge in [0.1, 0.15) is 0 Å². The summed E-state index contributed by atoms with van der Waals surface area (Å²) in [6.45, 7) is 9.06. The van der Waals surface area contributed by atoms with Crippen molar-refractivity contribution in [2.45, 2.75) is 46.0 Å². The monoisotopic (exact) mass is 229 g/mol. The maximum atomic E-state index is 2.40. The van der Waals surface area contributed by atoms with E-state index in [1.54, 1.807) is 0 Å². The number of hydrogen-bond acceptors (Lipinski definition) is 1. The maximum Gasteiger partial charge on any atom is 0.0448 e. The van der Waals surface area contributed by atoms with E-state index in [1.165, 1.54) is 28.9 Å². The molecule has 1 aliphatic rings. The molecule has 0 N–H and O–H groups in total. The molecule has 0 saturated heterocycles. The van der Waals surface area contributed by atoms with E-state index in [9.17, 15) is 0 Å². The highest BCUT2D eigenvalue weighted by Crippen LogP contribution is 2.47. The van der Waals surface area contributed by atoms with E-state index in [1.807, 2.05) is 0 Å². The molecule has 92 valence electrons. The van der Waals surface area contributed by atoms with Gasteiger partial charge in [0.15, 0.2) is 0 Å². The van der Waals surface area contributed by atoms with Gasteiger partial charge in [-0.15, -0.1) is 0 Å². The molecule has 1 aliphatic heterocycles. The lowest BCUT2D eigenvalue weighted by atomic mass is 9.83. The van der Waals surface area contributed by atoms with Gasteiger partial charge in [-0.05, 0) is 25.0 Å². The molecule has 0 spiro atoms. The highest BCUT2D eigenvalue weighted by molar-refractivity contribution is 5.70. The third-order valence-electron chi connectivity index (χ3n) is 3.81. The molecule has 0 unspecified atom stereocenters. The standard InChI is InChI=1S/C16H23N/c1-6-7-8-15-16(3,4)13-11-12(2)9-10-14(13)17(15)5/h8-11H,6-7H2,1-5H3/b15-8-. The maximum absolute atomic E-state index is 2.40. The number of unbranched alkanes of at least 4 members (excludes halogenated alkanes) is 1. The summed E-state index contributed by atoms with van der Waals surface area (Å²) in [5, 5.41) is 0. The summed E-state index contributed by atoms with van der Waals surface area (Å²) in [7, 11) is 2.18. The molecule has 0 fully saturated rings. The summed E-state index contributed by atoms with van der Waals surface area (Å²) in [6.07, 6.45) is 4.77. The van der Waals surface area contributed by atoms with Crippen LogP contribution in [-0.4, -0.2) is 7.05 Å². The second-order valence-electron chi connectivity index (χ2n) is 5.58. The van der Waals surface area contributed by atoms with Crippen LogP contribution in [0.15, 0.2) is 30.0 Å². The topological polar surface area (TPSA) is 3.24 Å². The van der Waals surface area contributed by atoms with E-state index in [-0.39, 0.29) is 5.41 Å². The molecular weight excluding hydrogens is 206 g/mol. The average molecular weight is 229 g/mol. The Labute approximate surface area is 105 Å². The number of likely N-dealkylation sites (N-methyl/N-ethyl adjacent to an activating group) is 1. The van der Waals surface area contributed by atoms with Crippen LogP contribution in [0.2, 0.25) is 0 Å². The number of hydrogen-bond donors (Lipinski definition) is 0. The second kappa shape index (κ2) is 4.21. The van der Waals surface area contributed by atoms with Crippen LogP contribution < -0.4 is 4.90 Å². The van der Waals surface area contributed by atoms with Gasteiger partial charge in [0.25, 0.3) is 0 Å². The first-order chi connectivity index (χ1) is 7.98. The number of benzene rings is 1. The zero-order valence-corrected chi connectivity index (χ0v) is 11.7. The molecule has 1 heterocycles. The summed E-state index contributed by atoms with van der Waals surface area (Å²) < 4.78 is 0. The Kier molecular flexibility index (Phi) is 3.03. The molecule has 0 aliphatic carbocycles. The quantitative estimate of drug-likeness (QED) is 0.726. The number of nitrogens with zero attached hydrogens (tertiary/aromatic N) is 1. The van der Waals surface area contributed by atoms with Crippen molar-refractivity contribution >= 4 is 5.69 Å². The number of allylic oxidation sites excluding steroid dienone is 2. The fraction of sp³-hybridized carbons (Fsp3) is 0.500. The van der Waals surface area contributed by atoms with Gasteiger partial charge in [-0.2, -0.15) is 0 Å². The molecule has 0 amide bonds. The Hall–Kier alpha value is -1.24. The fourth-order valence-corrected chi connectivity index (χ4v) is 2.80. The van der Waals surface area contributed by atoms with Crippen molar-refractivity contribution in [2.24, 2.45) is 0 Å².